The van der Waals surface area contributed by atoms with Crippen molar-refractivity contribution >= 4 is 0 Å². The fourth-order valence-corrected chi connectivity index (χ4v) is 3.74. The Balaban J connectivity index is 1.92. The monoisotopic (exact) mass is 239 g/mol. The van der Waals surface area contributed by atoms with Crippen LogP contribution in [0.1, 0.15) is 60.3 Å². The molecule has 4 unspecified atom stereocenters. The maximum absolute atomic E-state index is 6.34. The summed E-state index contributed by atoms with van der Waals surface area (Å²) in [6.07, 6.45) is 5.64. The molecule has 0 heterocycles. The molecule has 2 aliphatic carbocycles. The van der Waals surface area contributed by atoms with Gasteiger partial charge in [0.2, 0.25) is 0 Å². The van der Waals surface area contributed by atoms with E-state index in [9.17, 15) is 0 Å². The summed E-state index contributed by atoms with van der Waals surface area (Å²) in [4.78, 5) is 0. The van der Waals surface area contributed by atoms with Crippen LogP contribution < -0.4 is 5.73 Å². The van der Waals surface area contributed by atoms with Crippen LogP contribution in [0.25, 0.3) is 0 Å². The van der Waals surface area contributed by atoms with Gasteiger partial charge in [-0.3, -0.25) is 0 Å². The average molecular weight is 239 g/mol. The van der Waals surface area contributed by atoms with Gasteiger partial charge in [-0.25, -0.2) is 0 Å². The van der Waals surface area contributed by atoms with Crippen LogP contribution in [0.5, 0.6) is 0 Å². The van der Waals surface area contributed by atoms with E-state index in [1.165, 1.54) is 19.3 Å². The molecule has 4 atom stereocenters. The highest BCUT2D eigenvalue weighted by Gasteiger charge is 2.48. The van der Waals surface area contributed by atoms with Crippen LogP contribution >= 0.6 is 0 Å². The van der Waals surface area contributed by atoms with Crippen molar-refractivity contribution in [1.82, 2.24) is 0 Å². The minimum atomic E-state index is 0.171. The second kappa shape index (κ2) is 4.24. The van der Waals surface area contributed by atoms with E-state index >= 15 is 0 Å². The smallest absolute Gasteiger partial charge is 0.0659 e. The minimum Gasteiger partial charge on any atom is -0.374 e. The highest BCUT2D eigenvalue weighted by molar-refractivity contribution is 5.01. The number of nitrogens with two attached hydrogens (primary N) is 1. The van der Waals surface area contributed by atoms with E-state index in [2.05, 4.69) is 34.6 Å². The second-order valence-corrected chi connectivity index (χ2v) is 7.82. The summed E-state index contributed by atoms with van der Waals surface area (Å²) in [7, 11) is 0. The molecule has 0 bridgehead atoms. The Labute approximate surface area is 106 Å². The van der Waals surface area contributed by atoms with Crippen LogP contribution in [0.3, 0.4) is 0 Å². The Bertz CT molecular complexity index is 285. The Kier molecular flexibility index (Phi) is 3.33. The van der Waals surface area contributed by atoms with E-state index in [0.29, 0.717) is 23.7 Å². The Morgan fingerprint density at radius 3 is 2.18 bits per heavy atom. The van der Waals surface area contributed by atoms with Gasteiger partial charge >= 0.3 is 0 Å². The third-order valence-electron chi connectivity index (χ3n) is 4.96. The summed E-state index contributed by atoms with van der Waals surface area (Å²) >= 11 is 0. The predicted octanol–water partition coefficient (Wildman–Crippen LogP) is 3.34. The standard InChI is InChI=1S/C15H29NO/c1-10-6-11(9-14(2,3)8-10)17-13-7-12(16)15(13,4)5/h10-13H,6-9,16H2,1-5H3. The largest absolute Gasteiger partial charge is 0.374 e. The molecule has 2 saturated carbocycles. The topological polar surface area (TPSA) is 35.2 Å². The molecule has 0 saturated heterocycles. The molecule has 2 nitrogen and oxygen atoms in total. The van der Waals surface area contributed by atoms with Crippen molar-refractivity contribution in [1.29, 1.82) is 0 Å². The third-order valence-corrected chi connectivity index (χ3v) is 4.96. The van der Waals surface area contributed by atoms with Gasteiger partial charge in [0, 0.05) is 11.5 Å². The molecule has 0 amide bonds. The maximum atomic E-state index is 6.34. The van der Waals surface area contributed by atoms with Crippen molar-refractivity contribution in [3.63, 3.8) is 0 Å². The fourth-order valence-electron chi connectivity index (χ4n) is 3.74. The van der Waals surface area contributed by atoms with E-state index in [-0.39, 0.29) is 5.41 Å². The first-order valence-electron chi connectivity index (χ1n) is 7.12. The van der Waals surface area contributed by atoms with Crippen molar-refractivity contribution in [3.8, 4) is 0 Å². The summed E-state index contributed by atoms with van der Waals surface area (Å²) in [5, 5.41) is 0. The van der Waals surface area contributed by atoms with Crippen molar-refractivity contribution in [2.45, 2.75) is 78.6 Å². The van der Waals surface area contributed by atoms with Crippen LogP contribution in [0, 0.1) is 16.7 Å². The molecule has 2 rings (SSSR count). The molecule has 0 aromatic carbocycles. The third kappa shape index (κ3) is 2.68. The van der Waals surface area contributed by atoms with E-state index in [1.54, 1.807) is 0 Å². The number of rotatable bonds is 2. The molecular formula is C15H29NO. The van der Waals surface area contributed by atoms with Crippen molar-refractivity contribution in [2.24, 2.45) is 22.5 Å². The van der Waals surface area contributed by atoms with Gasteiger partial charge in [0.1, 0.15) is 0 Å². The van der Waals surface area contributed by atoms with Gasteiger partial charge in [0.15, 0.2) is 0 Å². The van der Waals surface area contributed by atoms with Gasteiger partial charge < -0.3 is 10.5 Å². The van der Waals surface area contributed by atoms with Crippen LogP contribution in [-0.4, -0.2) is 18.2 Å². The molecule has 17 heavy (non-hydrogen) atoms. The molecule has 100 valence electrons. The van der Waals surface area contributed by atoms with Crippen LogP contribution in [0.4, 0.5) is 0 Å². The lowest BCUT2D eigenvalue weighted by Gasteiger charge is -2.52. The lowest BCUT2D eigenvalue weighted by molar-refractivity contribution is -0.160. The molecule has 2 fully saturated rings. The first-order valence-corrected chi connectivity index (χ1v) is 7.12. The highest BCUT2D eigenvalue weighted by Crippen LogP contribution is 2.45. The minimum absolute atomic E-state index is 0.171. The molecule has 2 N–H and O–H groups in total. The molecule has 2 aliphatic rings. The van der Waals surface area contributed by atoms with E-state index in [1.807, 2.05) is 0 Å². The van der Waals surface area contributed by atoms with Gasteiger partial charge in [-0.05, 0) is 37.0 Å². The Morgan fingerprint density at radius 2 is 1.71 bits per heavy atom. The average Bonchev–Trinajstić information content (AvgIpc) is 2.14. The first kappa shape index (κ1) is 13.4. The zero-order valence-corrected chi connectivity index (χ0v) is 12.1. The lowest BCUT2D eigenvalue weighted by atomic mass is 9.64. The number of ether oxygens (including phenoxy) is 1. The molecule has 0 spiro atoms. The van der Waals surface area contributed by atoms with Crippen LogP contribution in [-0.2, 0) is 4.74 Å². The van der Waals surface area contributed by atoms with Gasteiger partial charge in [0.05, 0.1) is 12.2 Å². The van der Waals surface area contributed by atoms with Crippen molar-refractivity contribution in [2.75, 3.05) is 0 Å². The molecular weight excluding hydrogens is 210 g/mol. The van der Waals surface area contributed by atoms with Gasteiger partial charge in [0.25, 0.3) is 0 Å². The van der Waals surface area contributed by atoms with Crippen molar-refractivity contribution in [3.05, 3.63) is 0 Å². The molecule has 2 heteroatoms. The lowest BCUT2D eigenvalue weighted by Crippen LogP contribution is -2.60. The highest BCUT2D eigenvalue weighted by atomic mass is 16.5. The second-order valence-electron chi connectivity index (χ2n) is 7.82. The summed E-state index contributed by atoms with van der Waals surface area (Å²) in [5.41, 5.74) is 6.67. The molecule has 0 aliphatic heterocycles. The van der Waals surface area contributed by atoms with E-state index < -0.39 is 0 Å². The quantitative estimate of drug-likeness (QED) is 0.802. The molecule has 0 aromatic heterocycles. The first-order chi connectivity index (χ1) is 7.71. The Morgan fingerprint density at radius 1 is 1.06 bits per heavy atom. The molecule has 0 radical (unpaired) electrons. The van der Waals surface area contributed by atoms with Crippen molar-refractivity contribution < 1.29 is 4.74 Å². The zero-order valence-electron chi connectivity index (χ0n) is 12.1. The zero-order chi connectivity index (χ0) is 12.8. The summed E-state index contributed by atoms with van der Waals surface area (Å²) in [6, 6.07) is 0.321. The molecule has 0 aromatic rings. The summed E-state index contributed by atoms with van der Waals surface area (Å²) < 4.78 is 6.34. The number of hydrogen-bond acceptors (Lipinski definition) is 2. The van der Waals surface area contributed by atoms with E-state index in [0.717, 1.165) is 12.3 Å². The SMILES string of the molecule is CC1CC(OC2CC(N)C2(C)C)CC(C)(C)C1. The predicted molar refractivity (Wildman–Crippen MR) is 71.8 cm³/mol. The van der Waals surface area contributed by atoms with Gasteiger partial charge in [-0.1, -0.05) is 34.6 Å². The normalized spacial score (nSPS) is 44.1. The summed E-state index contributed by atoms with van der Waals surface area (Å²) in [5.74, 6) is 0.792. The Hall–Kier alpha value is -0.0800. The fraction of sp³-hybridized carbons (Fsp3) is 1.00. The van der Waals surface area contributed by atoms with Crippen LogP contribution in [0.15, 0.2) is 0 Å². The summed E-state index contributed by atoms with van der Waals surface area (Å²) in [6.45, 7) is 11.6. The van der Waals surface area contributed by atoms with Crippen LogP contribution in [0.2, 0.25) is 0 Å². The van der Waals surface area contributed by atoms with E-state index in [4.69, 9.17) is 10.5 Å². The van der Waals surface area contributed by atoms with Gasteiger partial charge in [-0.15, -0.1) is 0 Å². The maximum Gasteiger partial charge on any atom is 0.0659 e. The number of hydrogen-bond donors (Lipinski definition) is 1. The van der Waals surface area contributed by atoms with Gasteiger partial charge in [-0.2, -0.15) is 0 Å².